The van der Waals surface area contributed by atoms with E-state index in [0.717, 1.165) is 130 Å². The standard InChI is InChI=1S/C53H73BrN14O2S.C2H3NO2/c1-7-8-37(3)68(35-69)34-39-27-42(10-9-36(39)2)65-19-13-38(14-20-65)33-64-23-25-66(26-24-64)41-15-21-67(22-16-41)48-29-49(70-5)47(28-43(48)40(30-55)31-56-4)61-53-59-32-44(54)52(62-53)60-46-12-11-45-50(51(46)63-71-6)58-18-17-57-45;4-1-3-2-5/h9-12,17,27-32,35,37-38,41,58,63H,7-8,13-16,18-26,33-34,55H2,1-6H3,(H2,59,60,61,62);1-2H,(H,3,4,5)/b40-30+,56-31?;. The zero-order valence-electron chi connectivity index (χ0n) is 44.9. The van der Waals surface area contributed by atoms with Gasteiger partial charge in [-0.1, -0.05) is 31.4 Å². The second kappa shape index (κ2) is 28.6. The topological polar surface area (TPSA) is 213 Å². The third kappa shape index (κ3) is 14.7. The van der Waals surface area contributed by atoms with Crippen LogP contribution in [0, 0.1) is 12.8 Å². The van der Waals surface area contributed by atoms with Gasteiger partial charge in [0.1, 0.15) is 11.6 Å². The number of benzene rings is 3. The fourth-order valence-corrected chi connectivity index (χ4v) is 11.3. The third-order valence-corrected chi connectivity index (χ3v) is 15.8. The minimum Gasteiger partial charge on any atom is -0.494 e. The number of hydrogen-bond donors (Lipinski definition) is 6. The highest BCUT2D eigenvalue weighted by molar-refractivity contribution is 9.10. The van der Waals surface area contributed by atoms with Crippen LogP contribution in [0.5, 0.6) is 5.75 Å². The Balaban J connectivity index is 0.00000160. The minimum absolute atomic E-state index is 0.247. The van der Waals surface area contributed by atoms with E-state index in [1.807, 2.05) is 35.7 Å². The number of rotatable bonds is 22. The molecule has 21 heteroatoms. The number of piperidine rings is 2. The number of aliphatic imine (C=N–C) groups is 2. The number of hydrogen-bond acceptors (Lipinski definition) is 18. The Morgan fingerprint density at radius 1 is 0.987 bits per heavy atom. The maximum Gasteiger partial charge on any atom is 0.229 e. The molecule has 0 saturated carbocycles. The molecule has 4 aromatic rings. The number of amides is 3. The molecule has 408 valence electrons. The lowest BCUT2D eigenvalue weighted by molar-refractivity contribution is -0.120. The Labute approximate surface area is 461 Å². The molecular formula is C55H76BrN15O4S. The molecule has 1 atom stereocenters. The van der Waals surface area contributed by atoms with Crippen LogP contribution in [0.2, 0.25) is 0 Å². The number of imide groups is 1. The average Bonchev–Trinajstić information content (AvgIpc) is 3.45. The molecule has 4 aliphatic heterocycles. The van der Waals surface area contributed by atoms with Gasteiger partial charge in [-0.3, -0.25) is 29.3 Å². The van der Waals surface area contributed by atoms with E-state index >= 15 is 0 Å². The predicted octanol–water partition coefficient (Wildman–Crippen LogP) is 8.40. The molecule has 76 heavy (non-hydrogen) atoms. The van der Waals surface area contributed by atoms with Crippen LogP contribution in [-0.4, -0.2) is 154 Å². The third-order valence-electron chi connectivity index (χ3n) is 14.8. The van der Waals surface area contributed by atoms with Gasteiger partial charge in [-0.25, -0.2) is 4.98 Å². The molecule has 0 bridgehead atoms. The van der Waals surface area contributed by atoms with Crippen molar-refractivity contribution in [1.82, 2.24) is 30.0 Å². The molecule has 0 aliphatic carbocycles. The summed E-state index contributed by atoms with van der Waals surface area (Å²) in [5.74, 6) is 2.38. The van der Waals surface area contributed by atoms with Crippen molar-refractivity contribution in [2.45, 2.75) is 77.9 Å². The van der Waals surface area contributed by atoms with E-state index in [0.29, 0.717) is 59.6 Å². The number of nitrogens with one attached hydrogen (secondary N) is 5. The van der Waals surface area contributed by atoms with Crippen LogP contribution in [0.25, 0.3) is 5.57 Å². The number of carbonyl (C=O) groups is 3. The Bertz CT molecular complexity index is 2660. The highest BCUT2D eigenvalue weighted by Crippen LogP contribution is 2.43. The second-order valence-electron chi connectivity index (χ2n) is 19.5. The van der Waals surface area contributed by atoms with E-state index in [2.05, 4.69) is 122 Å². The lowest BCUT2D eigenvalue weighted by atomic mass is 9.94. The summed E-state index contributed by atoms with van der Waals surface area (Å²) >= 11 is 5.17. The number of anilines is 8. The number of methoxy groups -OCH3 is 1. The molecule has 0 radical (unpaired) electrons. The molecule has 3 saturated heterocycles. The summed E-state index contributed by atoms with van der Waals surface area (Å²) in [6.45, 7) is 17.5. The number of carbonyl (C=O) groups excluding carboxylic acids is 3. The second-order valence-corrected chi connectivity index (χ2v) is 21.0. The Morgan fingerprint density at radius 2 is 1.74 bits per heavy atom. The summed E-state index contributed by atoms with van der Waals surface area (Å²) < 4.78 is 10.2. The van der Waals surface area contributed by atoms with Crippen LogP contribution in [0.4, 0.5) is 51.6 Å². The molecule has 4 aliphatic rings. The smallest absolute Gasteiger partial charge is 0.229 e. The van der Waals surface area contributed by atoms with E-state index in [9.17, 15) is 4.79 Å². The zero-order valence-corrected chi connectivity index (χ0v) is 47.3. The van der Waals surface area contributed by atoms with Crippen LogP contribution in [-0.2, 0) is 20.9 Å². The number of allylic oxidation sites excluding steroid dienone is 1. The fourth-order valence-electron chi connectivity index (χ4n) is 10.6. The number of aryl methyl sites for hydroxylation is 1. The van der Waals surface area contributed by atoms with E-state index in [1.54, 1.807) is 31.9 Å². The number of nitrogens with zero attached hydrogens (tertiary/aromatic N) is 9. The van der Waals surface area contributed by atoms with Gasteiger partial charge >= 0.3 is 0 Å². The number of ether oxygens (including phenoxy) is 1. The van der Waals surface area contributed by atoms with Crippen molar-refractivity contribution in [3.8, 4) is 5.75 Å². The summed E-state index contributed by atoms with van der Waals surface area (Å²) in [6, 6.07) is 15.8. The summed E-state index contributed by atoms with van der Waals surface area (Å²) in [5.41, 5.74) is 17.2. The predicted molar refractivity (Wildman–Crippen MR) is 317 cm³/mol. The average molecular weight is 1120 g/mol. The Hall–Kier alpha value is -6.42. The van der Waals surface area contributed by atoms with Gasteiger partial charge in [0, 0.05) is 144 Å². The molecule has 8 rings (SSSR count). The van der Waals surface area contributed by atoms with Crippen molar-refractivity contribution in [1.29, 1.82) is 0 Å². The van der Waals surface area contributed by atoms with Crippen LogP contribution in [0.15, 0.2) is 69.3 Å². The molecule has 1 unspecified atom stereocenters. The van der Waals surface area contributed by atoms with Gasteiger partial charge in [0.05, 0.1) is 46.6 Å². The van der Waals surface area contributed by atoms with Gasteiger partial charge in [-0.2, -0.15) is 4.98 Å². The summed E-state index contributed by atoms with van der Waals surface area (Å²) in [4.78, 5) is 61.0. The lowest BCUT2D eigenvalue weighted by Gasteiger charge is -2.44. The molecule has 7 N–H and O–H groups in total. The minimum atomic E-state index is 0.247. The van der Waals surface area contributed by atoms with Crippen LogP contribution in [0.3, 0.4) is 0 Å². The van der Waals surface area contributed by atoms with Crippen LogP contribution < -0.4 is 46.3 Å². The zero-order chi connectivity index (χ0) is 54.0. The first-order chi connectivity index (χ1) is 37.0. The molecule has 1 aromatic heterocycles. The first kappa shape index (κ1) is 57.3. The molecule has 5 heterocycles. The number of aromatic nitrogens is 2. The maximum absolute atomic E-state index is 12.0. The molecule has 3 fully saturated rings. The van der Waals surface area contributed by atoms with Gasteiger partial charge in [0.15, 0.2) is 0 Å². The van der Waals surface area contributed by atoms with Crippen molar-refractivity contribution in [2.75, 3.05) is 116 Å². The molecule has 3 aromatic carbocycles. The van der Waals surface area contributed by atoms with E-state index in [1.165, 1.54) is 48.1 Å². The van der Waals surface area contributed by atoms with Crippen LogP contribution in [0.1, 0.15) is 69.1 Å². The van der Waals surface area contributed by atoms with Crippen molar-refractivity contribution < 1.29 is 19.1 Å². The van der Waals surface area contributed by atoms with Gasteiger partial charge in [0.2, 0.25) is 25.2 Å². The number of halogens is 1. The number of piperazine rings is 1. The molecule has 0 spiro atoms. The Kier molecular flexibility index (Phi) is 21.6. The van der Waals surface area contributed by atoms with Crippen LogP contribution >= 0.6 is 27.9 Å². The maximum atomic E-state index is 12.0. The van der Waals surface area contributed by atoms with Crippen molar-refractivity contribution in [3.63, 3.8) is 0 Å². The highest BCUT2D eigenvalue weighted by atomic mass is 79.9. The van der Waals surface area contributed by atoms with E-state index < -0.39 is 0 Å². The highest BCUT2D eigenvalue weighted by Gasteiger charge is 2.31. The first-order valence-electron chi connectivity index (χ1n) is 26.3. The van der Waals surface area contributed by atoms with E-state index in [4.69, 9.17) is 25.0 Å². The monoisotopic (exact) mass is 1120 g/mol. The number of nitrogens with two attached hydrogens (primary N) is 1. The normalized spacial score (nSPS) is 17.0. The summed E-state index contributed by atoms with van der Waals surface area (Å²) in [6.07, 6.45) is 17.4. The van der Waals surface area contributed by atoms with Gasteiger partial charge < -0.3 is 56.1 Å². The Morgan fingerprint density at radius 3 is 2.39 bits per heavy atom. The van der Waals surface area contributed by atoms with Crippen molar-refractivity contribution in [3.05, 3.63) is 76.0 Å². The molecule has 19 nitrogen and oxygen atoms in total. The van der Waals surface area contributed by atoms with Crippen molar-refractivity contribution >= 4 is 117 Å². The van der Waals surface area contributed by atoms with Gasteiger partial charge in [-0.05, 0) is 109 Å². The van der Waals surface area contributed by atoms with E-state index in [-0.39, 0.29) is 6.04 Å². The SMILES string of the molecule is CCCC(C)N(C=O)Cc1cc(N2CCC(CN3CCN(C4CCN(c5cc(OC)c(Nc6ncc(Br)c(Nc7ccc8c(c7NSC)NCC=N8)n6)cc5/C(C=NC)=C/N)CC4)CC3)CC2)ccc1C.O=CNC=O. The summed E-state index contributed by atoms with van der Waals surface area (Å²) in [7, 11) is 3.46. The van der Waals surface area contributed by atoms with Gasteiger partial charge in [-0.15, -0.1) is 0 Å². The summed E-state index contributed by atoms with van der Waals surface area (Å²) in [5, 5.41) is 12.1. The lowest BCUT2D eigenvalue weighted by Crippen LogP contribution is -2.54. The molecule has 3 amide bonds. The molecular weight excluding hydrogens is 1050 g/mol. The first-order valence-corrected chi connectivity index (χ1v) is 28.3. The number of fused-ring (bicyclic) bond motifs is 1. The van der Waals surface area contributed by atoms with Gasteiger partial charge in [0.25, 0.3) is 0 Å². The quantitative estimate of drug-likeness (QED) is 0.0248. The largest absolute Gasteiger partial charge is 0.494 e. The fraction of sp³-hybridized carbons (Fsp3) is 0.473. The van der Waals surface area contributed by atoms with Crippen molar-refractivity contribution in [2.24, 2.45) is 21.6 Å².